The Morgan fingerprint density at radius 1 is 1.19 bits per heavy atom. The molecule has 0 bridgehead atoms. The summed E-state index contributed by atoms with van der Waals surface area (Å²) in [4.78, 5) is 0. The van der Waals surface area contributed by atoms with Gasteiger partial charge in [-0.25, -0.2) is 0 Å². The highest BCUT2D eigenvalue weighted by Gasteiger charge is 2.36. The number of aromatic nitrogens is 2. The number of anilines is 1. The highest BCUT2D eigenvalue weighted by molar-refractivity contribution is 5.77. The molecule has 1 fully saturated rings. The van der Waals surface area contributed by atoms with E-state index in [0.717, 1.165) is 5.56 Å². The van der Waals surface area contributed by atoms with Crippen molar-refractivity contribution < 1.29 is 0 Å². The first-order valence-corrected chi connectivity index (χ1v) is 7.90. The molecule has 21 heavy (non-hydrogen) atoms. The number of hydrogen-bond acceptors (Lipinski definition) is 2. The number of rotatable bonds is 2. The van der Waals surface area contributed by atoms with E-state index in [2.05, 4.69) is 55.2 Å². The number of H-pyrrole nitrogens is 1. The van der Waals surface area contributed by atoms with E-state index in [4.69, 9.17) is 5.73 Å². The fraction of sp³-hybridized carbons (Fsp3) is 0.500. The van der Waals surface area contributed by atoms with Crippen LogP contribution < -0.4 is 5.73 Å². The van der Waals surface area contributed by atoms with Gasteiger partial charge in [0.05, 0.1) is 0 Å². The van der Waals surface area contributed by atoms with Gasteiger partial charge in [0.25, 0.3) is 0 Å². The fourth-order valence-electron chi connectivity index (χ4n) is 3.68. The van der Waals surface area contributed by atoms with Crippen LogP contribution in [0.15, 0.2) is 24.3 Å². The maximum Gasteiger partial charge on any atom is 0.153 e. The zero-order valence-electron chi connectivity index (χ0n) is 13.2. The van der Waals surface area contributed by atoms with Gasteiger partial charge in [-0.15, -0.1) is 0 Å². The Morgan fingerprint density at radius 2 is 1.90 bits per heavy atom. The lowest BCUT2D eigenvalue weighted by atomic mass is 9.67. The van der Waals surface area contributed by atoms with Crippen molar-refractivity contribution in [2.75, 3.05) is 5.73 Å². The summed E-state index contributed by atoms with van der Waals surface area (Å²) in [5.74, 6) is 1.13. The van der Waals surface area contributed by atoms with Crippen LogP contribution in [0.2, 0.25) is 0 Å². The summed E-state index contributed by atoms with van der Waals surface area (Å²) < 4.78 is 0. The molecule has 3 heteroatoms. The Bertz CT molecular complexity index is 622. The molecular weight excluding hydrogens is 258 g/mol. The number of benzene rings is 1. The van der Waals surface area contributed by atoms with Gasteiger partial charge in [-0.1, -0.05) is 56.5 Å². The van der Waals surface area contributed by atoms with Crippen LogP contribution in [0.4, 0.5) is 5.82 Å². The average Bonchev–Trinajstić information content (AvgIpc) is 2.81. The standard InChI is InChI=1S/C18H25N3/c1-12-7-9-13(10-8-12)15-16(20-21-17(15)19)14-6-4-5-11-18(14,2)3/h7-10,14H,4-6,11H2,1-3H3,(H3,19,20,21). The molecule has 112 valence electrons. The van der Waals surface area contributed by atoms with E-state index in [9.17, 15) is 0 Å². The molecule has 1 aliphatic rings. The van der Waals surface area contributed by atoms with Crippen molar-refractivity contribution in [2.45, 2.75) is 52.4 Å². The number of nitrogen functional groups attached to an aromatic ring is 1. The summed E-state index contributed by atoms with van der Waals surface area (Å²) in [7, 11) is 0. The first-order chi connectivity index (χ1) is 9.99. The number of nitrogens with zero attached hydrogens (tertiary/aromatic N) is 1. The van der Waals surface area contributed by atoms with Gasteiger partial charge >= 0.3 is 0 Å². The van der Waals surface area contributed by atoms with E-state index in [1.54, 1.807) is 0 Å². The van der Waals surface area contributed by atoms with Crippen molar-refractivity contribution in [3.8, 4) is 11.1 Å². The van der Waals surface area contributed by atoms with Crippen LogP contribution in [-0.2, 0) is 0 Å². The van der Waals surface area contributed by atoms with Crippen molar-refractivity contribution in [2.24, 2.45) is 5.41 Å². The van der Waals surface area contributed by atoms with Crippen LogP contribution in [0.3, 0.4) is 0 Å². The van der Waals surface area contributed by atoms with Gasteiger partial charge in [-0.2, -0.15) is 5.10 Å². The van der Waals surface area contributed by atoms with E-state index in [-0.39, 0.29) is 0 Å². The number of nitrogens with one attached hydrogen (secondary N) is 1. The topological polar surface area (TPSA) is 54.7 Å². The van der Waals surface area contributed by atoms with Crippen molar-refractivity contribution in [1.82, 2.24) is 10.2 Å². The molecule has 0 aliphatic heterocycles. The molecule has 1 unspecified atom stereocenters. The monoisotopic (exact) mass is 283 g/mol. The van der Waals surface area contributed by atoms with E-state index >= 15 is 0 Å². The average molecular weight is 283 g/mol. The number of aryl methyl sites for hydroxylation is 1. The molecule has 3 nitrogen and oxygen atoms in total. The van der Waals surface area contributed by atoms with Crippen molar-refractivity contribution >= 4 is 5.82 Å². The lowest BCUT2D eigenvalue weighted by molar-refractivity contribution is 0.196. The zero-order chi connectivity index (χ0) is 15.0. The summed E-state index contributed by atoms with van der Waals surface area (Å²) in [5.41, 5.74) is 11.2. The van der Waals surface area contributed by atoms with Crippen molar-refractivity contribution in [3.63, 3.8) is 0 Å². The molecular formula is C18H25N3. The van der Waals surface area contributed by atoms with Gasteiger partial charge in [0.2, 0.25) is 0 Å². The third-order valence-electron chi connectivity index (χ3n) is 5.02. The Labute approximate surface area is 127 Å². The molecule has 1 aromatic heterocycles. The van der Waals surface area contributed by atoms with Crippen LogP contribution in [0.1, 0.15) is 56.7 Å². The molecule has 3 rings (SSSR count). The molecule has 2 aromatic rings. The predicted molar refractivity (Wildman–Crippen MR) is 88.2 cm³/mol. The quantitative estimate of drug-likeness (QED) is 0.842. The van der Waals surface area contributed by atoms with Crippen LogP contribution >= 0.6 is 0 Å². The van der Waals surface area contributed by atoms with Crippen molar-refractivity contribution in [3.05, 3.63) is 35.5 Å². The van der Waals surface area contributed by atoms with Crippen LogP contribution in [-0.4, -0.2) is 10.2 Å². The van der Waals surface area contributed by atoms with Gasteiger partial charge in [-0.3, -0.25) is 5.10 Å². The van der Waals surface area contributed by atoms with Gasteiger partial charge in [-0.05, 0) is 30.7 Å². The smallest absolute Gasteiger partial charge is 0.153 e. The highest BCUT2D eigenvalue weighted by atomic mass is 15.2. The van der Waals surface area contributed by atoms with Crippen LogP contribution in [0.25, 0.3) is 11.1 Å². The summed E-state index contributed by atoms with van der Waals surface area (Å²) in [6, 6.07) is 8.57. The molecule has 1 saturated carbocycles. The Hall–Kier alpha value is -1.77. The van der Waals surface area contributed by atoms with Crippen molar-refractivity contribution in [1.29, 1.82) is 0 Å². The molecule has 1 heterocycles. The summed E-state index contributed by atoms with van der Waals surface area (Å²) in [6.07, 6.45) is 5.10. The minimum atomic E-state index is 0.302. The van der Waals surface area contributed by atoms with Gasteiger partial charge in [0, 0.05) is 17.2 Å². The molecule has 1 atom stereocenters. The van der Waals surface area contributed by atoms with Gasteiger partial charge in [0.1, 0.15) is 0 Å². The van der Waals surface area contributed by atoms with E-state index in [0.29, 0.717) is 17.2 Å². The SMILES string of the molecule is Cc1ccc(-c2c(N)n[nH]c2C2CCCCC2(C)C)cc1. The minimum Gasteiger partial charge on any atom is -0.382 e. The molecule has 0 amide bonds. The largest absolute Gasteiger partial charge is 0.382 e. The molecule has 0 saturated heterocycles. The molecule has 0 spiro atoms. The fourth-order valence-corrected chi connectivity index (χ4v) is 3.68. The molecule has 0 radical (unpaired) electrons. The summed E-state index contributed by atoms with van der Waals surface area (Å²) in [5, 5.41) is 7.55. The van der Waals surface area contributed by atoms with E-state index in [1.165, 1.54) is 42.5 Å². The highest BCUT2D eigenvalue weighted by Crippen LogP contribution is 2.49. The second kappa shape index (κ2) is 5.21. The molecule has 3 N–H and O–H groups in total. The molecule has 1 aliphatic carbocycles. The number of hydrogen-bond donors (Lipinski definition) is 2. The second-order valence-electron chi connectivity index (χ2n) is 7.05. The maximum absolute atomic E-state index is 6.16. The Morgan fingerprint density at radius 3 is 2.57 bits per heavy atom. The lowest BCUT2D eigenvalue weighted by Gasteiger charge is -2.38. The van der Waals surface area contributed by atoms with E-state index < -0.39 is 0 Å². The predicted octanol–water partition coefficient (Wildman–Crippen LogP) is 4.65. The summed E-state index contributed by atoms with van der Waals surface area (Å²) in [6.45, 7) is 6.84. The van der Waals surface area contributed by atoms with Crippen LogP contribution in [0, 0.1) is 12.3 Å². The number of nitrogens with two attached hydrogens (primary N) is 1. The number of aromatic amines is 1. The third kappa shape index (κ3) is 2.57. The summed E-state index contributed by atoms with van der Waals surface area (Å²) >= 11 is 0. The Balaban J connectivity index is 2.06. The normalized spacial score (nSPS) is 21.4. The maximum atomic E-state index is 6.16. The lowest BCUT2D eigenvalue weighted by Crippen LogP contribution is -2.26. The zero-order valence-corrected chi connectivity index (χ0v) is 13.2. The van der Waals surface area contributed by atoms with Gasteiger partial charge < -0.3 is 5.73 Å². The second-order valence-corrected chi connectivity index (χ2v) is 7.05. The van der Waals surface area contributed by atoms with Gasteiger partial charge in [0.15, 0.2) is 5.82 Å². The minimum absolute atomic E-state index is 0.302. The van der Waals surface area contributed by atoms with E-state index in [1.807, 2.05) is 0 Å². The van der Waals surface area contributed by atoms with Crippen LogP contribution in [0.5, 0.6) is 0 Å². The first-order valence-electron chi connectivity index (χ1n) is 7.90. The Kier molecular flexibility index (Phi) is 3.52. The third-order valence-corrected chi connectivity index (χ3v) is 5.02. The first kappa shape index (κ1) is 14.2. The molecule has 1 aromatic carbocycles.